The summed E-state index contributed by atoms with van der Waals surface area (Å²) in [6.07, 6.45) is 4.41. The maximum atomic E-state index is 5.97. The Bertz CT molecular complexity index is 738. The Morgan fingerprint density at radius 1 is 1.10 bits per heavy atom. The van der Waals surface area contributed by atoms with Crippen LogP contribution in [0.5, 0.6) is 0 Å². The molecule has 20 heavy (non-hydrogen) atoms. The number of benzene rings is 1. The van der Waals surface area contributed by atoms with Crippen molar-refractivity contribution in [3.8, 4) is 11.3 Å². The zero-order chi connectivity index (χ0) is 13.4. The first-order valence-corrected chi connectivity index (χ1v) is 7.06. The maximum Gasteiger partial charge on any atom is 0.135 e. The van der Waals surface area contributed by atoms with Crippen LogP contribution in [0.3, 0.4) is 0 Å². The first-order valence-electron chi connectivity index (χ1n) is 7.06. The zero-order valence-electron chi connectivity index (χ0n) is 11.2. The van der Waals surface area contributed by atoms with E-state index in [0.717, 1.165) is 34.5 Å². The van der Waals surface area contributed by atoms with Gasteiger partial charge in [0.1, 0.15) is 11.5 Å². The molecule has 1 fully saturated rings. The van der Waals surface area contributed by atoms with E-state index in [-0.39, 0.29) is 0 Å². The van der Waals surface area contributed by atoms with Crippen molar-refractivity contribution in [3.05, 3.63) is 54.4 Å². The lowest BCUT2D eigenvalue weighted by molar-refractivity contribution is 0.493. The molecule has 1 N–H and O–H groups in total. The van der Waals surface area contributed by atoms with Crippen LogP contribution in [0.4, 0.5) is 0 Å². The van der Waals surface area contributed by atoms with E-state index < -0.39 is 0 Å². The van der Waals surface area contributed by atoms with Crippen LogP contribution in [0, 0.1) is 0 Å². The van der Waals surface area contributed by atoms with Gasteiger partial charge in [-0.3, -0.25) is 4.98 Å². The van der Waals surface area contributed by atoms with Gasteiger partial charge in [0.15, 0.2) is 0 Å². The fourth-order valence-electron chi connectivity index (χ4n) is 2.47. The number of fused-ring (bicyclic) bond motifs is 1. The molecular formula is C17H16N2O. The lowest BCUT2D eigenvalue weighted by Gasteiger charge is -2.03. The maximum absolute atomic E-state index is 5.97. The van der Waals surface area contributed by atoms with E-state index in [4.69, 9.17) is 4.42 Å². The predicted octanol–water partition coefficient (Wildman–Crippen LogP) is 3.75. The summed E-state index contributed by atoms with van der Waals surface area (Å²) < 4.78 is 5.97. The van der Waals surface area contributed by atoms with E-state index in [1.807, 2.05) is 30.5 Å². The van der Waals surface area contributed by atoms with Crippen molar-refractivity contribution < 1.29 is 4.42 Å². The Balaban J connectivity index is 1.67. The van der Waals surface area contributed by atoms with Crippen molar-refractivity contribution in [2.45, 2.75) is 25.4 Å². The second-order valence-corrected chi connectivity index (χ2v) is 5.30. The summed E-state index contributed by atoms with van der Waals surface area (Å²) >= 11 is 0. The number of hydrogen-bond donors (Lipinski definition) is 1. The van der Waals surface area contributed by atoms with Gasteiger partial charge in [0.05, 0.1) is 12.1 Å². The minimum atomic E-state index is 0.699. The minimum absolute atomic E-state index is 0.699. The Labute approximate surface area is 117 Å². The molecule has 1 saturated carbocycles. The van der Waals surface area contributed by atoms with Crippen molar-refractivity contribution in [1.82, 2.24) is 10.3 Å². The molecule has 0 spiro atoms. The van der Waals surface area contributed by atoms with Crippen molar-refractivity contribution in [2.75, 3.05) is 0 Å². The van der Waals surface area contributed by atoms with Gasteiger partial charge in [-0.05, 0) is 37.1 Å². The fourth-order valence-corrected chi connectivity index (χ4v) is 2.47. The molecule has 0 amide bonds. The van der Waals surface area contributed by atoms with E-state index in [1.54, 1.807) is 0 Å². The molecule has 2 aromatic heterocycles. The average Bonchev–Trinajstić information content (AvgIpc) is 3.21. The van der Waals surface area contributed by atoms with Crippen molar-refractivity contribution in [1.29, 1.82) is 0 Å². The first kappa shape index (κ1) is 11.7. The van der Waals surface area contributed by atoms with Gasteiger partial charge in [0.2, 0.25) is 0 Å². The Morgan fingerprint density at radius 3 is 2.95 bits per heavy atom. The highest BCUT2D eigenvalue weighted by Gasteiger charge is 2.20. The molecule has 1 aliphatic carbocycles. The summed E-state index contributed by atoms with van der Waals surface area (Å²) in [5, 5.41) is 4.60. The monoisotopic (exact) mass is 264 g/mol. The molecule has 2 heterocycles. The molecule has 0 saturated heterocycles. The molecular weight excluding hydrogens is 248 g/mol. The first-order chi connectivity index (χ1) is 9.90. The number of nitrogens with one attached hydrogen (secondary N) is 1. The molecule has 4 rings (SSSR count). The highest BCUT2D eigenvalue weighted by atomic mass is 16.3. The topological polar surface area (TPSA) is 38.1 Å². The van der Waals surface area contributed by atoms with Crippen LogP contribution in [-0.4, -0.2) is 11.0 Å². The summed E-state index contributed by atoms with van der Waals surface area (Å²) in [4.78, 5) is 4.39. The SMILES string of the molecule is c1cc(-c2ccc(CNC3CC3)o2)c2cccnc2c1. The second-order valence-electron chi connectivity index (χ2n) is 5.30. The summed E-state index contributed by atoms with van der Waals surface area (Å²) in [6, 6.07) is 15.0. The molecule has 0 unspecified atom stereocenters. The van der Waals surface area contributed by atoms with Gasteiger partial charge >= 0.3 is 0 Å². The van der Waals surface area contributed by atoms with Crippen LogP contribution >= 0.6 is 0 Å². The van der Waals surface area contributed by atoms with E-state index in [9.17, 15) is 0 Å². The number of pyridine rings is 1. The molecule has 100 valence electrons. The van der Waals surface area contributed by atoms with Crippen LogP contribution in [0.1, 0.15) is 18.6 Å². The summed E-state index contributed by atoms with van der Waals surface area (Å²) in [5.41, 5.74) is 2.10. The summed E-state index contributed by atoms with van der Waals surface area (Å²) in [5.74, 6) is 1.91. The van der Waals surface area contributed by atoms with Gasteiger partial charge < -0.3 is 9.73 Å². The third-order valence-corrected chi connectivity index (χ3v) is 3.72. The van der Waals surface area contributed by atoms with Gasteiger partial charge in [-0.2, -0.15) is 0 Å². The van der Waals surface area contributed by atoms with Crippen LogP contribution < -0.4 is 5.32 Å². The Hall–Kier alpha value is -2.13. The minimum Gasteiger partial charge on any atom is -0.460 e. The summed E-state index contributed by atoms with van der Waals surface area (Å²) in [7, 11) is 0. The van der Waals surface area contributed by atoms with Gasteiger partial charge in [0.25, 0.3) is 0 Å². The number of furan rings is 1. The van der Waals surface area contributed by atoms with Crippen molar-refractivity contribution >= 4 is 10.9 Å². The summed E-state index contributed by atoms with van der Waals surface area (Å²) in [6.45, 7) is 0.813. The number of rotatable bonds is 4. The number of nitrogens with zero attached hydrogens (tertiary/aromatic N) is 1. The van der Waals surface area contributed by atoms with Crippen LogP contribution in [0.2, 0.25) is 0 Å². The third kappa shape index (κ3) is 2.21. The molecule has 0 atom stereocenters. The van der Waals surface area contributed by atoms with E-state index in [2.05, 4.69) is 28.5 Å². The molecule has 0 aliphatic heterocycles. The number of hydrogen-bond acceptors (Lipinski definition) is 3. The lowest BCUT2D eigenvalue weighted by atomic mass is 10.1. The standard InChI is InChI=1S/C17H16N2O/c1-3-15(14-4-2-10-18-16(14)5-1)17-9-8-13(20-17)11-19-12-6-7-12/h1-5,8-10,12,19H,6-7,11H2. The largest absolute Gasteiger partial charge is 0.460 e. The molecule has 3 nitrogen and oxygen atoms in total. The van der Waals surface area contributed by atoms with Crippen LogP contribution in [0.25, 0.3) is 22.2 Å². The molecule has 0 bridgehead atoms. The Kier molecular flexibility index (Phi) is 2.78. The molecule has 1 aromatic carbocycles. The average molecular weight is 264 g/mol. The zero-order valence-corrected chi connectivity index (χ0v) is 11.2. The third-order valence-electron chi connectivity index (χ3n) is 3.72. The van der Waals surface area contributed by atoms with E-state index >= 15 is 0 Å². The van der Waals surface area contributed by atoms with Crippen molar-refractivity contribution in [3.63, 3.8) is 0 Å². The quantitative estimate of drug-likeness (QED) is 0.780. The highest BCUT2D eigenvalue weighted by molar-refractivity contribution is 5.93. The van der Waals surface area contributed by atoms with Gasteiger partial charge in [-0.15, -0.1) is 0 Å². The number of aromatic nitrogens is 1. The highest BCUT2D eigenvalue weighted by Crippen LogP contribution is 2.29. The Morgan fingerprint density at radius 2 is 2.05 bits per heavy atom. The predicted molar refractivity (Wildman–Crippen MR) is 79.3 cm³/mol. The van der Waals surface area contributed by atoms with Crippen LogP contribution in [0.15, 0.2) is 53.1 Å². The second kappa shape index (κ2) is 4.76. The van der Waals surface area contributed by atoms with Gasteiger partial charge in [-0.1, -0.05) is 18.2 Å². The van der Waals surface area contributed by atoms with Gasteiger partial charge in [-0.25, -0.2) is 0 Å². The molecule has 3 heteroatoms. The van der Waals surface area contributed by atoms with E-state index in [0.29, 0.717) is 6.04 Å². The van der Waals surface area contributed by atoms with Gasteiger partial charge in [0, 0.05) is 23.2 Å². The van der Waals surface area contributed by atoms with E-state index in [1.165, 1.54) is 12.8 Å². The fraction of sp³-hybridized carbons (Fsp3) is 0.235. The smallest absolute Gasteiger partial charge is 0.135 e. The molecule has 1 aliphatic rings. The molecule has 3 aromatic rings. The lowest BCUT2D eigenvalue weighted by Crippen LogP contribution is -2.14. The van der Waals surface area contributed by atoms with Crippen LogP contribution in [-0.2, 0) is 6.54 Å². The normalized spacial score (nSPS) is 14.8. The van der Waals surface area contributed by atoms with Crippen molar-refractivity contribution in [2.24, 2.45) is 0 Å². The molecule has 0 radical (unpaired) electrons.